The molecule has 2 amide bonds. The lowest BCUT2D eigenvalue weighted by Gasteiger charge is -2.16. The molecule has 1 aromatic heterocycles. The number of hydrogen-bond acceptors (Lipinski definition) is 4. The summed E-state index contributed by atoms with van der Waals surface area (Å²) in [7, 11) is 0. The first-order chi connectivity index (χ1) is 16.1. The van der Waals surface area contributed by atoms with Crippen LogP contribution in [0.3, 0.4) is 0 Å². The maximum Gasteiger partial charge on any atom is 0.258 e. The van der Waals surface area contributed by atoms with Crippen LogP contribution in [0.5, 0.6) is 0 Å². The number of aromatic nitrogens is 1. The number of nitrogens with zero attached hydrogens (tertiary/aromatic N) is 2. The molecule has 1 aliphatic rings. The Kier molecular flexibility index (Phi) is 5.75. The van der Waals surface area contributed by atoms with E-state index in [1.54, 1.807) is 0 Å². The summed E-state index contributed by atoms with van der Waals surface area (Å²) in [6, 6.07) is 23.6. The molecule has 5 nitrogen and oxygen atoms in total. The average molecular weight is 454 g/mol. The highest BCUT2D eigenvalue weighted by Crippen LogP contribution is 2.34. The van der Waals surface area contributed by atoms with Gasteiger partial charge in [0.25, 0.3) is 5.91 Å². The summed E-state index contributed by atoms with van der Waals surface area (Å²) in [5.41, 5.74) is 6.44. The van der Waals surface area contributed by atoms with Crippen molar-refractivity contribution in [1.29, 1.82) is 0 Å². The zero-order valence-corrected chi connectivity index (χ0v) is 19.1. The van der Waals surface area contributed by atoms with Crippen LogP contribution in [0.4, 0.5) is 10.8 Å². The quantitative estimate of drug-likeness (QED) is 0.401. The lowest BCUT2D eigenvalue weighted by atomic mass is 9.99. The van der Waals surface area contributed by atoms with Crippen molar-refractivity contribution >= 4 is 34.0 Å². The Balaban J connectivity index is 1.36. The third-order valence-electron chi connectivity index (χ3n) is 5.86. The van der Waals surface area contributed by atoms with Gasteiger partial charge >= 0.3 is 0 Å². The molecule has 33 heavy (non-hydrogen) atoms. The fourth-order valence-electron chi connectivity index (χ4n) is 4.19. The predicted octanol–water partition coefficient (Wildman–Crippen LogP) is 6.03. The van der Waals surface area contributed by atoms with Crippen LogP contribution in [0, 0.1) is 0 Å². The summed E-state index contributed by atoms with van der Waals surface area (Å²) in [6.07, 6.45) is 1.35. The SMILES string of the molecule is CCC(=O)N1CCc2cc(-c3csc(NC(=O)c4ccccc4-c4ccccc4)n3)ccc21. The van der Waals surface area contributed by atoms with Crippen LogP contribution in [-0.2, 0) is 11.2 Å². The van der Waals surface area contributed by atoms with Gasteiger partial charge in [0.15, 0.2) is 5.13 Å². The molecule has 2 heterocycles. The molecule has 4 aromatic rings. The molecule has 0 bridgehead atoms. The van der Waals surface area contributed by atoms with Crippen LogP contribution in [0.1, 0.15) is 29.3 Å². The number of anilines is 2. The molecule has 0 radical (unpaired) electrons. The highest BCUT2D eigenvalue weighted by Gasteiger charge is 2.24. The van der Waals surface area contributed by atoms with Crippen molar-refractivity contribution in [3.63, 3.8) is 0 Å². The first-order valence-electron chi connectivity index (χ1n) is 11.0. The van der Waals surface area contributed by atoms with Crippen molar-refractivity contribution in [2.75, 3.05) is 16.8 Å². The van der Waals surface area contributed by atoms with Crippen molar-refractivity contribution in [1.82, 2.24) is 4.98 Å². The van der Waals surface area contributed by atoms with E-state index in [9.17, 15) is 9.59 Å². The fourth-order valence-corrected chi connectivity index (χ4v) is 4.90. The molecule has 1 aliphatic heterocycles. The third kappa shape index (κ3) is 4.17. The van der Waals surface area contributed by atoms with Crippen molar-refractivity contribution in [3.8, 4) is 22.4 Å². The van der Waals surface area contributed by atoms with Gasteiger partial charge in [-0.25, -0.2) is 4.98 Å². The van der Waals surface area contributed by atoms with Gasteiger partial charge in [0.05, 0.1) is 5.69 Å². The Morgan fingerprint density at radius 1 is 1.00 bits per heavy atom. The Morgan fingerprint density at radius 3 is 2.61 bits per heavy atom. The van der Waals surface area contributed by atoms with Crippen molar-refractivity contribution < 1.29 is 9.59 Å². The van der Waals surface area contributed by atoms with Crippen LogP contribution in [0.15, 0.2) is 78.2 Å². The first-order valence-corrected chi connectivity index (χ1v) is 11.9. The molecule has 0 spiro atoms. The second kappa shape index (κ2) is 9.00. The Hall–Kier alpha value is -3.77. The summed E-state index contributed by atoms with van der Waals surface area (Å²) in [6.45, 7) is 2.61. The molecular formula is C27H23N3O2S. The van der Waals surface area contributed by atoms with Gasteiger partial charge in [0.2, 0.25) is 5.91 Å². The average Bonchev–Trinajstić information content (AvgIpc) is 3.51. The highest BCUT2D eigenvalue weighted by molar-refractivity contribution is 7.14. The van der Waals surface area contributed by atoms with E-state index >= 15 is 0 Å². The number of thiazole rings is 1. The monoisotopic (exact) mass is 453 g/mol. The van der Waals surface area contributed by atoms with Crippen LogP contribution in [-0.4, -0.2) is 23.3 Å². The van der Waals surface area contributed by atoms with Gasteiger partial charge in [-0.1, -0.05) is 61.5 Å². The molecular weight excluding hydrogens is 430 g/mol. The number of carbonyl (C=O) groups is 2. The lowest BCUT2D eigenvalue weighted by molar-refractivity contribution is -0.118. The van der Waals surface area contributed by atoms with Crippen molar-refractivity contribution in [2.24, 2.45) is 0 Å². The summed E-state index contributed by atoms with van der Waals surface area (Å²) in [5.74, 6) is -0.0334. The number of fused-ring (bicyclic) bond motifs is 1. The molecule has 164 valence electrons. The second-order valence-corrected chi connectivity index (χ2v) is 8.75. The van der Waals surface area contributed by atoms with E-state index in [4.69, 9.17) is 0 Å². The number of amides is 2. The number of nitrogens with one attached hydrogen (secondary N) is 1. The van der Waals surface area contributed by atoms with E-state index in [0.717, 1.165) is 46.6 Å². The zero-order valence-electron chi connectivity index (χ0n) is 18.2. The van der Waals surface area contributed by atoms with Crippen molar-refractivity contribution in [3.05, 3.63) is 89.3 Å². The zero-order chi connectivity index (χ0) is 22.8. The topological polar surface area (TPSA) is 62.3 Å². The minimum absolute atomic E-state index is 0.149. The first kappa shape index (κ1) is 21.1. The molecule has 0 atom stereocenters. The Morgan fingerprint density at radius 2 is 1.79 bits per heavy atom. The fraction of sp³-hybridized carbons (Fsp3) is 0.148. The van der Waals surface area contributed by atoms with Gasteiger partial charge in [-0.05, 0) is 41.3 Å². The van der Waals surface area contributed by atoms with Crippen LogP contribution in [0.2, 0.25) is 0 Å². The van der Waals surface area contributed by atoms with E-state index in [0.29, 0.717) is 17.1 Å². The molecule has 6 heteroatoms. The van der Waals surface area contributed by atoms with Crippen LogP contribution in [0.25, 0.3) is 22.4 Å². The van der Waals surface area contributed by atoms with Gasteiger partial charge in [0, 0.05) is 35.2 Å². The van der Waals surface area contributed by atoms with Gasteiger partial charge in [-0.3, -0.25) is 14.9 Å². The molecule has 1 N–H and O–H groups in total. The number of hydrogen-bond donors (Lipinski definition) is 1. The molecule has 0 fully saturated rings. The van der Waals surface area contributed by atoms with E-state index in [1.165, 1.54) is 11.3 Å². The van der Waals surface area contributed by atoms with Crippen LogP contribution >= 0.6 is 11.3 Å². The second-order valence-electron chi connectivity index (χ2n) is 7.90. The third-order valence-corrected chi connectivity index (χ3v) is 6.61. The van der Waals surface area contributed by atoms with E-state index < -0.39 is 0 Å². The predicted molar refractivity (Wildman–Crippen MR) is 134 cm³/mol. The largest absolute Gasteiger partial charge is 0.312 e. The number of rotatable bonds is 5. The maximum absolute atomic E-state index is 13.1. The lowest BCUT2D eigenvalue weighted by Crippen LogP contribution is -2.27. The van der Waals surface area contributed by atoms with E-state index in [1.807, 2.05) is 83.9 Å². The molecule has 0 aliphatic carbocycles. The van der Waals surface area contributed by atoms with Crippen molar-refractivity contribution in [2.45, 2.75) is 19.8 Å². The number of carbonyl (C=O) groups excluding carboxylic acids is 2. The smallest absolute Gasteiger partial charge is 0.258 e. The van der Waals surface area contributed by atoms with Gasteiger partial charge in [-0.15, -0.1) is 11.3 Å². The standard InChI is InChI=1S/C27H23N3O2S/c1-2-25(31)30-15-14-20-16-19(12-13-24(20)30)23-17-33-27(28-23)29-26(32)22-11-7-6-10-21(22)18-8-4-3-5-9-18/h3-13,16-17H,2,14-15H2,1H3,(H,28,29,32). The minimum atomic E-state index is -0.182. The molecule has 0 unspecified atom stereocenters. The molecule has 3 aromatic carbocycles. The number of benzene rings is 3. The molecule has 0 saturated heterocycles. The summed E-state index contributed by atoms with van der Waals surface area (Å²) < 4.78 is 0. The minimum Gasteiger partial charge on any atom is -0.312 e. The van der Waals surface area contributed by atoms with Crippen LogP contribution < -0.4 is 10.2 Å². The maximum atomic E-state index is 13.1. The van der Waals surface area contributed by atoms with Gasteiger partial charge in [-0.2, -0.15) is 0 Å². The van der Waals surface area contributed by atoms with E-state index in [2.05, 4.69) is 16.4 Å². The molecule has 5 rings (SSSR count). The van der Waals surface area contributed by atoms with Gasteiger partial charge < -0.3 is 4.90 Å². The summed E-state index contributed by atoms with van der Waals surface area (Å²) >= 11 is 1.40. The summed E-state index contributed by atoms with van der Waals surface area (Å²) in [5, 5.41) is 5.46. The van der Waals surface area contributed by atoms with E-state index in [-0.39, 0.29) is 11.8 Å². The molecule has 0 saturated carbocycles. The normalized spacial score (nSPS) is 12.5. The summed E-state index contributed by atoms with van der Waals surface area (Å²) in [4.78, 5) is 31.7. The Labute approximate surface area is 196 Å². The van der Waals surface area contributed by atoms with Gasteiger partial charge in [0.1, 0.15) is 0 Å². The Bertz CT molecular complexity index is 1330. The highest BCUT2D eigenvalue weighted by atomic mass is 32.1.